The van der Waals surface area contributed by atoms with Gasteiger partial charge >= 0.3 is 0 Å². The molecule has 0 saturated heterocycles. The fourth-order valence-corrected chi connectivity index (χ4v) is 2.37. The molecule has 0 heterocycles. The van der Waals surface area contributed by atoms with Crippen LogP contribution >= 0.6 is 22.6 Å². The largest absolute Gasteiger partial charge is 0.271 e. The molecule has 1 rings (SSSR count). The summed E-state index contributed by atoms with van der Waals surface area (Å²) in [5.41, 5.74) is 4.21. The molecular formula is C13H21IN2. The van der Waals surface area contributed by atoms with Crippen LogP contribution in [0.5, 0.6) is 0 Å². The second kappa shape index (κ2) is 7.25. The highest BCUT2D eigenvalue weighted by atomic mass is 127. The summed E-state index contributed by atoms with van der Waals surface area (Å²) in [6, 6.07) is 8.81. The third kappa shape index (κ3) is 4.80. The Morgan fingerprint density at radius 2 is 2.06 bits per heavy atom. The molecule has 0 spiro atoms. The summed E-state index contributed by atoms with van der Waals surface area (Å²) in [6.45, 7) is 4.52. The molecule has 1 aromatic rings. The first kappa shape index (κ1) is 13.9. The summed E-state index contributed by atoms with van der Waals surface area (Å²) in [6.07, 6.45) is 3.59. The summed E-state index contributed by atoms with van der Waals surface area (Å²) in [5.74, 6) is 6.39. The Balaban J connectivity index is 2.53. The van der Waals surface area contributed by atoms with E-state index in [1.165, 1.54) is 22.0 Å². The molecule has 0 saturated carbocycles. The van der Waals surface area contributed by atoms with Crippen LogP contribution in [-0.4, -0.2) is 0 Å². The smallest absolute Gasteiger partial charge is 0.0460 e. The van der Waals surface area contributed by atoms with Crippen LogP contribution in [0.1, 0.15) is 44.7 Å². The molecule has 0 aliphatic heterocycles. The fraction of sp³-hybridized carbons (Fsp3) is 0.538. The Hall–Kier alpha value is -0.130. The van der Waals surface area contributed by atoms with Crippen LogP contribution in [0.15, 0.2) is 24.3 Å². The van der Waals surface area contributed by atoms with E-state index in [2.05, 4.69) is 66.1 Å². The Bertz CT molecular complexity index is 313. The highest BCUT2D eigenvalue weighted by Gasteiger charge is 2.09. The van der Waals surface area contributed by atoms with E-state index >= 15 is 0 Å². The molecule has 0 amide bonds. The lowest BCUT2D eigenvalue weighted by atomic mass is 9.98. The number of halogens is 1. The molecule has 90 valence electrons. The van der Waals surface area contributed by atoms with Gasteiger partial charge in [-0.3, -0.25) is 11.3 Å². The molecule has 0 fully saturated rings. The molecule has 16 heavy (non-hydrogen) atoms. The van der Waals surface area contributed by atoms with E-state index in [1.807, 2.05) is 0 Å². The van der Waals surface area contributed by atoms with Crippen LogP contribution in [0.2, 0.25) is 0 Å². The van der Waals surface area contributed by atoms with E-state index in [1.54, 1.807) is 0 Å². The molecule has 0 aromatic heterocycles. The minimum absolute atomic E-state index is 0.286. The summed E-state index contributed by atoms with van der Waals surface area (Å²) in [5, 5.41) is 0. The van der Waals surface area contributed by atoms with Crippen molar-refractivity contribution in [3.8, 4) is 0 Å². The highest BCUT2D eigenvalue weighted by molar-refractivity contribution is 14.1. The monoisotopic (exact) mass is 332 g/mol. The first-order valence-corrected chi connectivity index (χ1v) is 6.93. The maximum Gasteiger partial charge on any atom is 0.0460 e. The second-order valence-electron chi connectivity index (χ2n) is 4.60. The van der Waals surface area contributed by atoms with Crippen LogP contribution in [0.3, 0.4) is 0 Å². The molecule has 2 nitrogen and oxygen atoms in total. The molecule has 0 aliphatic carbocycles. The minimum atomic E-state index is 0.286. The quantitative estimate of drug-likeness (QED) is 0.474. The number of nitrogens with one attached hydrogen (secondary N) is 1. The van der Waals surface area contributed by atoms with Crippen molar-refractivity contribution in [2.75, 3.05) is 0 Å². The predicted octanol–water partition coefficient (Wildman–Crippen LogP) is 3.62. The van der Waals surface area contributed by atoms with Crippen molar-refractivity contribution in [3.05, 3.63) is 33.4 Å². The first-order chi connectivity index (χ1) is 7.63. The molecule has 3 N–H and O–H groups in total. The standard InChI is InChI=1S/C13H21IN2/c1-10(2)5-3-8-13(16-15)11-6-4-7-12(14)9-11/h4,6-7,9-10,13,16H,3,5,8,15H2,1-2H3. The van der Waals surface area contributed by atoms with Gasteiger partial charge in [-0.05, 0) is 52.6 Å². The van der Waals surface area contributed by atoms with E-state index in [9.17, 15) is 0 Å². The van der Waals surface area contributed by atoms with Crippen molar-refractivity contribution < 1.29 is 0 Å². The van der Waals surface area contributed by atoms with Crippen molar-refractivity contribution in [1.29, 1.82) is 0 Å². The van der Waals surface area contributed by atoms with E-state index in [-0.39, 0.29) is 6.04 Å². The van der Waals surface area contributed by atoms with Gasteiger partial charge in [0.2, 0.25) is 0 Å². The number of rotatable bonds is 6. The minimum Gasteiger partial charge on any atom is -0.271 e. The molecular weight excluding hydrogens is 311 g/mol. The molecule has 0 bridgehead atoms. The van der Waals surface area contributed by atoms with Crippen LogP contribution in [0.25, 0.3) is 0 Å². The number of hydrazine groups is 1. The van der Waals surface area contributed by atoms with Gasteiger partial charge in [0.1, 0.15) is 0 Å². The van der Waals surface area contributed by atoms with Gasteiger partial charge in [-0.1, -0.05) is 38.8 Å². The van der Waals surface area contributed by atoms with Gasteiger partial charge in [0, 0.05) is 9.61 Å². The van der Waals surface area contributed by atoms with E-state index in [4.69, 9.17) is 5.84 Å². The third-order valence-corrected chi connectivity index (χ3v) is 3.40. The maximum atomic E-state index is 5.62. The molecule has 0 aliphatic rings. The van der Waals surface area contributed by atoms with Gasteiger partial charge < -0.3 is 0 Å². The van der Waals surface area contributed by atoms with Crippen molar-refractivity contribution in [1.82, 2.24) is 5.43 Å². The first-order valence-electron chi connectivity index (χ1n) is 5.85. The van der Waals surface area contributed by atoms with Crippen LogP contribution < -0.4 is 11.3 Å². The predicted molar refractivity (Wildman–Crippen MR) is 77.9 cm³/mol. The van der Waals surface area contributed by atoms with Crippen molar-refractivity contribution in [2.45, 2.75) is 39.2 Å². The fourth-order valence-electron chi connectivity index (χ4n) is 1.80. The summed E-state index contributed by atoms with van der Waals surface area (Å²) < 4.78 is 1.26. The molecule has 1 unspecified atom stereocenters. The van der Waals surface area contributed by atoms with Crippen molar-refractivity contribution in [3.63, 3.8) is 0 Å². The Morgan fingerprint density at radius 1 is 1.31 bits per heavy atom. The number of hydrogen-bond acceptors (Lipinski definition) is 2. The summed E-state index contributed by atoms with van der Waals surface area (Å²) in [7, 11) is 0. The zero-order valence-electron chi connectivity index (χ0n) is 10.0. The Kier molecular flexibility index (Phi) is 6.31. The van der Waals surface area contributed by atoms with Gasteiger partial charge in [0.05, 0.1) is 0 Å². The Morgan fingerprint density at radius 3 is 2.62 bits per heavy atom. The second-order valence-corrected chi connectivity index (χ2v) is 5.84. The lowest BCUT2D eigenvalue weighted by Gasteiger charge is -2.17. The maximum absolute atomic E-state index is 5.62. The van der Waals surface area contributed by atoms with Gasteiger partial charge in [-0.25, -0.2) is 0 Å². The Labute approximate surface area is 112 Å². The van der Waals surface area contributed by atoms with Crippen LogP contribution in [0.4, 0.5) is 0 Å². The normalized spacial score (nSPS) is 13.1. The van der Waals surface area contributed by atoms with Gasteiger partial charge in [-0.15, -0.1) is 0 Å². The zero-order chi connectivity index (χ0) is 12.0. The topological polar surface area (TPSA) is 38.0 Å². The summed E-state index contributed by atoms with van der Waals surface area (Å²) in [4.78, 5) is 0. The van der Waals surface area contributed by atoms with Gasteiger partial charge in [-0.2, -0.15) is 0 Å². The number of nitrogens with two attached hydrogens (primary N) is 1. The van der Waals surface area contributed by atoms with Crippen molar-refractivity contribution in [2.24, 2.45) is 11.8 Å². The lowest BCUT2D eigenvalue weighted by molar-refractivity contribution is 0.455. The average Bonchev–Trinajstić information content (AvgIpc) is 2.24. The SMILES string of the molecule is CC(C)CCCC(NN)c1cccc(I)c1. The van der Waals surface area contributed by atoms with E-state index in [0.29, 0.717) is 0 Å². The molecule has 0 radical (unpaired) electrons. The average molecular weight is 332 g/mol. The highest BCUT2D eigenvalue weighted by Crippen LogP contribution is 2.21. The number of benzene rings is 1. The van der Waals surface area contributed by atoms with E-state index < -0.39 is 0 Å². The number of hydrogen-bond donors (Lipinski definition) is 2. The van der Waals surface area contributed by atoms with Gasteiger partial charge in [0.15, 0.2) is 0 Å². The van der Waals surface area contributed by atoms with Crippen LogP contribution in [-0.2, 0) is 0 Å². The van der Waals surface area contributed by atoms with Crippen LogP contribution in [0, 0.1) is 9.49 Å². The van der Waals surface area contributed by atoms with Gasteiger partial charge in [0.25, 0.3) is 0 Å². The van der Waals surface area contributed by atoms with Crippen molar-refractivity contribution >= 4 is 22.6 Å². The van der Waals surface area contributed by atoms with E-state index in [0.717, 1.165) is 12.3 Å². The lowest BCUT2D eigenvalue weighted by Crippen LogP contribution is -2.28. The zero-order valence-corrected chi connectivity index (χ0v) is 12.2. The molecule has 1 aromatic carbocycles. The summed E-state index contributed by atoms with van der Waals surface area (Å²) >= 11 is 2.33. The molecule has 3 heteroatoms. The third-order valence-electron chi connectivity index (χ3n) is 2.73. The molecule has 1 atom stereocenters.